The lowest BCUT2D eigenvalue weighted by Crippen LogP contribution is -2.51. The third kappa shape index (κ3) is 7.56. The number of ether oxygens (including phenoxy) is 1. The average Bonchev–Trinajstić information content (AvgIpc) is 3.33. The van der Waals surface area contributed by atoms with Gasteiger partial charge in [-0.05, 0) is 54.7 Å². The zero-order valence-electron chi connectivity index (χ0n) is 19.7. The highest BCUT2D eigenvalue weighted by atomic mass is 35.5. The summed E-state index contributed by atoms with van der Waals surface area (Å²) in [5.74, 6) is 1.45. The number of benzene rings is 2. The molecule has 3 rings (SSSR count). The Balaban J connectivity index is 1.71. The normalized spacial score (nSPS) is 14.6. The number of carbonyl (C=O) groups excluding carboxylic acids is 2. The minimum Gasteiger partial charge on any atom is -0.497 e. The summed E-state index contributed by atoms with van der Waals surface area (Å²) >= 11 is 13.7. The third-order valence-electron chi connectivity index (χ3n) is 6.10. The minimum atomic E-state index is -0.519. The van der Waals surface area contributed by atoms with Crippen molar-refractivity contribution in [2.45, 2.75) is 63.4 Å². The van der Waals surface area contributed by atoms with E-state index in [1.165, 1.54) is 11.8 Å². The quantitative estimate of drug-likeness (QED) is 0.387. The van der Waals surface area contributed by atoms with Crippen LogP contribution >= 0.6 is 35.0 Å². The Hall–Kier alpha value is -1.89. The van der Waals surface area contributed by atoms with Crippen LogP contribution in [0.4, 0.5) is 0 Å². The number of rotatable bonds is 11. The van der Waals surface area contributed by atoms with Gasteiger partial charge in [0.05, 0.1) is 12.9 Å². The van der Waals surface area contributed by atoms with Gasteiger partial charge in [0.2, 0.25) is 11.8 Å². The Kier molecular flexibility index (Phi) is 10.4. The van der Waals surface area contributed by atoms with Gasteiger partial charge in [0, 0.05) is 28.4 Å². The van der Waals surface area contributed by atoms with Gasteiger partial charge in [-0.25, -0.2) is 0 Å². The maximum absolute atomic E-state index is 13.4. The Morgan fingerprint density at radius 1 is 1.15 bits per heavy atom. The first kappa shape index (κ1) is 26.7. The lowest BCUT2D eigenvalue weighted by molar-refractivity contribution is -0.139. The monoisotopic (exact) mass is 522 g/mol. The first-order chi connectivity index (χ1) is 16.4. The van der Waals surface area contributed by atoms with Crippen molar-refractivity contribution in [2.24, 2.45) is 0 Å². The topological polar surface area (TPSA) is 58.6 Å². The second kappa shape index (κ2) is 13.3. The molecule has 0 aromatic heterocycles. The second-order valence-corrected chi connectivity index (χ2v) is 10.3. The van der Waals surface area contributed by atoms with Crippen LogP contribution in [0.2, 0.25) is 10.0 Å². The summed E-state index contributed by atoms with van der Waals surface area (Å²) in [4.78, 5) is 28.3. The summed E-state index contributed by atoms with van der Waals surface area (Å²) in [6.45, 7) is 2.31. The molecule has 1 aliphatic rings. The number of halogens is 2. The smallest absolute Gasteiger partial charge is 0.243 e. The average molecular weight is 524 g/mol. The van der Waals surface area contributed by atoms with E-state index in [-0.39, 0.29) is 23.6 Å². The van der Waals surface area contributed by atoms with Crippen LogP contribution in [0.3, 0.4) is 0 Å². The Morgan fingerprint density at radius 2 is 1.85 bits per heavy atom. The van der Waals surface area contributed by atoms with Gasteiger partial charge in [-0.3, -0.25) is 9.59 Å². The minimum absolute atomic E-state index is 0.0676. The molecule has 8 heteroatoms. The summed E-state index contributed by atoms with van der Waals surface area (Å²) < 4.78 is 5.25. The molecule has 1 aliphatic carbocycles. The van der Waals surface area contributed by atoms with Gasteiger partial charge in [-0.1, -0.05) is 61.2 Å². The maximum Gasteiger partial charge on any atom is 0.243 e. The molecule has 34 heavy (non-hydrogen) atoms. The van der Waals surface area contributed by atoms with Gasteiger partial charge in [0.1, 0.15) is 11.8 Å². The van der Waals surface area contributed by atoms with Crippen LogP contribution in [0.15, 0.2) is 42.5 Å². The van der Waals surface area contributed by atoms with E-state index in [2.05, 4.69) is 5.32 Å². The Bertz CT molecular complexity index is 965. The largest absolute Gasteiger partial charge is 0.497 e. The summed E-state index contributed by atoms with van der Waals surface area (Å²) in [7, 11) is 1.62. The molecule has 1 N–H and O–H groups in total. The number of hydrogen-bond acceptors (Lipinski definition) is 4. The fraction of sp³-hybridized carbons (Fsp3) is 0.462. The van der Waals surface area contributed by atoms with E-state index < -0.39 is 6.04 Å². The molecule has 184 valence electrons. The van der Waals surface area contributed by atoms with E-state index >= 15 is 0 Å². The van der Waals surface area contributed by atoms with Gasteiger partial charge in [0.25, 0.3) is 0 Å². The zero-order chi connectivity index (χ0) is 24.5. The van der Waals surface area contributed by atoms with Crippen molar-refractivity contribution in [1.29, 1.82) is 0 Å². The first-order valence-corrected chi connectivity index (χ1v) is 13.6. The third-order valence-corrected chi connectivity index (χ3v) is 7.65. The van der Waals surface area contributed by atoms with Crippen LogP contribution in [-0.2, 0) is 21.9 Å². The molecule has 0 saturated heterocycles. The van der Waals surface area contributed by atoms with E-state index in [0.29, 0.717) is 28.8 Å². The van der Waals surface area contributed by atoms with E-state index in [9.17, 15) is 9.59 Å². The molecule has 1 atom stereocenters. The Morgan fingerprint density at radius 3 is 2.47 bits per heavy atom. The van der Waals surface area contributed by atoms with Crippen molar-refractivity contribution in [1.82, 2.24) is 10.2 Å². The van der Waals surface area contributed by atoms with Crippen LogP contribution < -0.4 is 10.1 Å². The molecule has 2 amide bonds. The molecule has 1 fully saturated rings. The van der Waals surface area contributed by atoms with Crippen molar-refractivity contribution in [3.8, 4) is 5.75 Å². The second-order valence-electron chi connectivity index (χ2n) is 8.51. The number of thioether (sulfide) groups is 1. The van der Waals surface area contributed by atoms with E-state index in [0.717, 1.165) is 42.6 Å². The van der Waals surface area contributed by atoms with Gasteiger partial charge >= 0.3 is 0 Å². The number of nitrogens with one attached hydrogen (secondary N) is 1. The maximum atomic E-state index is 13.4. The predicted octanol–water partition coefficient (Wildman–Crippen LogP) is 6.10. The molecule has 0 radical (unpaired) electrons. The van der Waals surface area contributed by atoms with Crippen LogP contribution in [0.1, 0.15) is 50.2 Å². The molecular formula is C26H32Cl2N2O3S. The molecule has 0 aliphatic heterocycles. The molecule has 0 bridgehead atoms. The van der Waals surface area contributed by atoms with Crippen LogP contribution in [0.5, 0.6) is 5.75 Å². The summed E-state index contributed by atoms with van der Waals surface area (Å²) in [6.07, 6.45) is 4.84. The highest BCUT2D eigenvalue weighted by Crippen LogP contribution is 2.26. The van der Waals surface area contributed by atoms with Crippen LogP contribution in [-0.4, -0.2) is 41.7 Å². The lowest BCUT2D eigenvalue weighted by Gasteiger charge is -2.31. The molecule has 2 aromatic rings. The van der Waals surface area contributed by atoms with Gasteiger partial charge in [-0.15, -0.1) is 11.8 Å². The number of hydrogen-bond donors (Lipinski definition) is 1. The number of carbonyl (C=O) groups is 2. The SMILES string of the molecule is CCC(C(=O)NC1CCCC1)N(Cc1ccc(OC)cc1)C(=O)CSCc1ccc(Cl)cc1Cl. The number of nitrogens with zero attached hydrogens (tertiary/aromatic N) is 1. The molecule has 5 nitrogen and oxygen atoms in total. The molecule has 1 saturated carbocycles. The molecule has 0 spiro atoms. The Labute approximate surface area is 216 Å². The van der Waals surface area contributed by atoms with Crippen molar-refractivity contribution in [3.05, 3.63) is 63.6 Å². The molecular weight excluding hydrogens is 491 g/mol. The van der Waals surface area contributed by atoms with Crippen molar-refractivity contribution in [2.75, 3.05) is 12.9 Å². The standard InChI is InChI=1S/C26H32Cl2N2O3S/c1-3-24(26(32)29-21-6-4-5-7-21)30(15-18-8-12-22(33-2)13-9-18)25(31)17-34-16-19-10-11-20(27)14-23(19)28/h8-14,21,24H,3-7,15-17H2,1-2H3,(H,29,32). The zero-order valence-corrected chi connectivity index (χ0v) is 22.0. The summed E-state index contributed by atoms with van der Waals surface area (Å²) in [6, 6.07) is 12.7. The van der Waals surface area contributed by atoms with E-state index in [1.54, 1.807) is 24.1 Å². The predicted molar refractivity (Wildman–Crippen MR) is 141 cm³/mol. The van der Waals surface area contributed by atoms with Crippen molar-refractivity contribution >= 4 is 46.8 Å². The molecule has 2 aromatic carbocycles. The van der Waals surface area contributed by atoms with E-state index in [4.69, 9.17) is 27.9 Å². The molecule has 0 heterocycles. The van der Waals surface area contributed by atoms with Gasteiger partial charge in [-0.2, -0.15) is 0 Å². The fourth-order valence-corrected chi connectivity index (χ4v) is 5.65. The highest BCUT2D eigenvalue weighted by Gasteiger charge is 2.30. The highest BCUT2D eigenvalue weighted by molar-refractivity contribution is 7.99. The number of methoxy groups -OCH3 is 1. The number of amides is 2. The van der Waals surface area contributed by atoms with Gasteiger partial charge < -0.3 is 15.0 Å². The van der Waals surface area contributed by atoms with Crippen molar-refractivity contribution < 1.29 is 14.3 Å². The van der Waals surface area contributed by atoms with Crippen LogP contribution in [0.25, 0.3) is 0 Å². The van der Waals surface area contributed by atoms with Gasteiger partial charge in [0.15, 0.2) is 0 Å². The molecule has 1 unspecified atom stereocenters. The van der Waals surface area contributed by atoms with Crippen molar-refractivity contribution in [3.63, 3.8) is 0 Å². The lowest BCUT2D eigenvalue weighted by atomic mass is 10.1. The summed E-state index contributed by atoms with van der Waals surface area (Å²) in [5, 5.41) is 4.35. The van der Waals surface area contributed by atoms with E-state index in [1.807, 2.05) is 37.3 Å². The first-order valence-electron chi connectivity index (χ1n) is 11.7. The fourth-order valence-electron chi connectivity index (χ4n) is 4.18. The summed E-state index contributed by atoms with van der Waals surface area (Å²) in [5.41, 5.74) is 1.88. The van der Waals surface area contributed by atoms with Crippen LogP contribution in [0, 0.1) is 0 Å².